The van der Waals surface area contributed by atoms with E-state index in [-0.39, 0.29) is 49.7 Å². The summed E-state index contributed by atoms with van der Waals surface area (Å²) in [5.74, 6) is -1.21. The average molecular weight is 836 g/mol. The van der Waals surface area contributed by atoms with Gasteiger partial charge in [-0.05, 0) is 65.8 Å². The highest BCUT2D eigenvalue weighted by Gasteiger charge is 2.44. The Morgan fingerprint density at radius 1 is 1.02 bits per heavy atom. The maximum atomic E-state index is 14.1. The van der Waals surface area contributed by atoms with Crippen LogP contribution >= 0.6 is 0 Å². The fourth-order valence-corrected chi connectivity index (χ4v) is 7.97. The molecule has 5 amide bonds. The summed E-state index contributed by atoms with van der Waals surface area (Å²) < 4.78 is 11.7. The number of nitrogens with one attached hydrogen (secondary N) is 4. The number of aromatic nitrogens is 3. The number of carbonyl (C=O) groups is 5. The second kappa shape index (κ2) is 18.1. The number of benzene rings is 2. The number of fused-ring (bicyclic) bond motifs is 1. The molecule has 3 atom stereocenters. The van der Waals surface area contributed by atoms with Gasteiger partial charge < -0.3 is 45.2 Å². The molecule has 0 aliphatic carbocycles. The number of ether oxygens (including phenoxy) is 2. The van der Waals surface area contributed by atoms with Gasteiger partial charge in [0.25, 0.3) is 5.91 Å². The SMILES string of the molecule is COc1cc(N2CCC(OCC(=O)N[C@H](C(=O)N3C[C@H](O)C[C@H]3C(=O)NCc3ccc4c(c3)N(C)C(=O)C4)C(C)(C)C)CC2)ccc1NC(=O)c1cccc(-c2cc[nH]n2)n1. The van der Waals surface area contributed by atoms with Crippen molar-refractivity contribution in [3.63, 3.8) is 0 Å². The Morgan fingerprint density at radius 3 is 2.52 bits per heavy atom. The fourth-order valence-electron chi connectivity index (χ4n) is 7.97. The molecule has 2 fully saturated rings. The molecule has 5 N–H and O–H groups in total. The summed E-state index contributed by atoms with van der Waals surface area (Å²) in [6.45, 7) is 6.69. The smallest absolute Gasteiger partial charge is 0.274 e. The quantitative estimate of drug-likeness (QED) is 0.132. The number of likely N-dealkylation sites (tertiary alicyclic amines) is 1. The number of hydrogen-bond donors (Lipinski definition) is 5. The van der Waals surface area contributed by atoms with Crippen molar-refractivity contribution in [2.75, 3.05) is 55.5 Å². The van der Waals surface area contributed by atoms with Crippen LogP contribution in [0.5, 0.6) is 5.75 Å². The summed E-state index contributed by atoms with van der Waals surface area (Å²) >= 11 is 0. The Kier molecular flexibility index (Phi) is 12.7. The van der Waals surface area contributed by atoms with Gasteiger partial charge in [-0.3, -0.25) is 29.1 Å². The van der Waals surface area contributed by atoms with Crippen molar-refractivity contribution in [2.24, 2.45) is 5.41 Å². The van der Waals surface area contributed by atoms with E-state index in [2.05, 4.69) is 36.0 Å². The van der Waals surface area contributed by atoms with Crippen LogP contribution in [0.3, 0.4) is 0 Å². The van der Waals surface area contributed by atoms with Gasteiger partial charge in [0, 0.05) is 63.3 Å². The highest BCUT2D eigenvalue weighted by molar-refractivity contribution is 6.04. The van der Waals surface area contributed by atoms with Crippen LogP contribution in [0.15, 0.2) is 66.9 Å². The molecule has 0 spiro atoms. The van der Waals surface area contributed by atoms with Gasteiger partial charge in [0.05, 0.1) is 37.1 Å². The number of hydrogen-bond acceptors (Lipinski definition) is 11. The molecule has 0 bridgehead atoms. The third-order valence-electron chi connectivity index (χ3n) is 11.4. The van der Waals surface area contributed by atoms with Crippen molar-refractivity contribution in [3.05, 3.63) is 83.7 Å². The lowest BCUT2D eigenvalue weighted by Crippen LogP contribution is -2.58. The lowest BCUT2D eigenvalue weighted by molar-refractivity contribution is -0.145. The van der Waals surface area contributed by atoms with Crippen LogP contribution in [0, 0.1) is 5.41 Å². The zero-order valence-electron chi connectivity index (χ0n) is 35.1. The predicted octanol–water partition coefficient (Wildman–Crippen LogP) is 3.05. The van der Waals surface area contributed by atoms with Gasteiger partial charge >= 0.3 is 0 Å². The lowest BCUT2D eigenvalue weighted by Gasteiger charge is -2.36. The number of H-pyrrole nitrogens is 1. The number of aliphatic hydroxyl groups excluding tert-OH is 1. The lowest BCUT2D eigenvalue weighted by atomic mass is 9.85. The average Bonchev–Trinajstić information content (AvgIpc) is 4.00. The predicted molar refractivity (Wildman–Crippen MR) is 227 cm³/mol. The first kappa shape index (κ1) is 42.8. The molecule has 0 unspecified atom stereocenters. The number of carbonyl (C=O) groups excluding carboxylic acids is 5. The molecule has 2 aromatic heterocycles. The largest absolute Gasteiger partial charge is 0.494 e. The standard InChI is InChI=1S/C44H53N9O8/c1-44(2,3)40(43(59)53-24-29(54)22-36(53)42(58)45-23-26-9-10-27-20-39(56)51(4)35(27)19-26)49-38(55)25-61-30-14-17-52(18-15-30)28-11-12-33(37(21-28)60-5)48-41(57)34-8-6-7-31(47-34)32-13-16-46-50-32/h6-13,16,19,21,29-30,36,40,54H,14-15,17-18,20,22-25H2,1-5H3,(H,45,58)(H,46,50)(H,48,57)(H,49,55)/t29-,36+,40-/m1/s1. The second-order valence-corrected chi connectivity index (χ2v) is 16.8. The molecule has 5 heterocycles. The first-order chi connectivity index (χ1) is 29.2. The number of anilines is 3. The van der Waals surface area contributed by atoms with Gasteiger partial charge in [0.1, 0.15) is 35.8 Å². The van der Waals surface area contributed by atoms with Gasteiger partial charge in [0.2, 0.25) is 23.6 Å². The van der Waals surface area contributed by atoms with E-state index >= 15 is 0 Å². The third kappa shape index (κ3) is 9.84. The molecule has 322 valence electrons. The van der Waals surface area contributed by atoms with Crippen molar-refractivity contribution in [3.8, 4) is 17.1 Å². The fraction of sp³-hybridized carbons (Fsp3) is 0.432. The minimum atomic E-state index is -0.984. The van der Waals surface area contributed by atoms with E-state index in [0.717, 1.165) is 22.5 Å². The first-order valence-electron chi connectivity index (χ1n) is 20.5. The van der Waals surface area contributed by atoms with Crippen LogP contribution in [0.25, 0.3) is 11.4 Å². The van der Waals surface area contributed by atoms with Gasteiger partial charge in [-0.15, -0.1) is 0 Å². The van der Waals surface area contributed by atoms with Crippen LogP contribution in [-0.4, -0.2) is 119 Å². The van der Waals surface area contributed by atoms with Crippen molar-refractivity contribution in [1.29, 1.82) is 0 Å². The molecular weight excluding hydrogens is 783 g/mol. The third-order valence-corrected chi connectivity index (χ3v) is 11.4. The summed E-state index contributed by atoms with van der Waals surface area (Å²) in [5, 5.41) is 26.1. The first-order valence-corrected chi connectivity index (χ1v) is 20.5. The molecule has 2 saturated heterocycles. The Bertz CT molecular complexity index is 2270. The van der Waals surface area contributed by atoms with Gasteiger partial charge in [-0.1, -0.05) is 39.0 Å². The number of piperidine rings is 1. The van der Waals surface area contributed by atoms with Crippen LogP contribution < -0.4 is 30.5 Å². The summed E-state index contributed by atoms with van der Waals surface area (Å²) in [6.07, 6.45) is 2.31. The van der Waals surface area contributed by atoms with E-state index in [9.17, 15) is 29.1 Å². The number of β-amino-alcohol motifs (C(OH)–C–C–N with tert-alkyl or cyclic N) is 1. The molecular formula is C44H53N9O8. The summed E-state index contributed by atoms with van der Waals surface area (Å²) in [7, 11) is 3.26. The Morgan fingerprint density at radius 2 is 1.80 bits per heavy atom. The topological polar surface area (TPSA) is 211 Å². The van der Waals surface area contributed by atoms with E-state index in [4.69, 9.17) is 9.47 Å². The highest BCUT2D eigenvalue weighted by Crippen LogP contribution is 2.33. The normalized spacial score (nSPS) is 18.5. The Balaban J connectivity index is 0.894. The van der Waals surface area contributed by atoms with Crippen molar-refractivity contribution < 1.29 is 38.6 Å². The van der Waals surface area contributed by atoms with E-state index in [1.54, 1.807) is 55.6 Å². The molecule has 0 radical (unpaired) electrons. The molecule has 17 nitrogen and oxygen atoms in total. The Labute approximate surface area is 354 Å². The summed E-state index contributed by atoms with van der Waals surface area (Å²) in [6, 6.07) is 16.2. The number of aliphatic hydroxyl groups is 1. The van der Waals surface area contributed by atoms with Gasteiger partial charge in [-0.25, -0.2) is 4.98 Å². The number of methoxy groups -OCH3 is 1. The van der Waals surface area contributed by atoms with E-state index in [1.165, 1.54) is 4.90 Å². The van der Waals surface area contributed by atoms with Crippen molar-refractivity contribution >= 4 is 46.6 Å². The van der Waals surface area contributed by atoms with E-state index in [1.807, 2.05) is 51.1 Å². The van der Waals surface area contributed by atoms with Crippen LogP contribution in [0.1, 0.15) is 61.6 Å². The minimum absolute atomic E-state index is 0.00762. The van der Waals surface area contributed by atoms with E-state index in [0.29, 0.717) is 55.2 Å². The van der Waals surface area contributed by atoms with Crippen molar-refractivity contribution in [2.45, 2.75) is 77.3 Å². The van der Waals surface area contributed by atoms with Crippen molar-refractivity contribution in [1.82, 2.24) is 30.7 Å². The molecule has 0 saturated carbocycles. The second-order valence-electron chi connectivity index (χ2n) is 16.8. The zero-order valence-corrected chi connectivity index (χ0v) is 35.1. The number of pyridine rings is 1. The molecule has 4 aromatic rings. The number of amides is 5. The number of likely N-dealkylation sites (N-methyl/N-ethyl adjacent to an activating group) is 1. The van der Waals surface area contributed by atoms with Crippen LogP contribution in [0.4, 0.5) is 17.1 Å². The van der Waals surface area contributed by atoms with Crippen LogP contribution in [0.2, 0.25) is 0 Å². The maximum absolute atomic E-state index is 14.1. The Hall–Kier alpha value is -6.33. The zero-order chi connectivity index (χ0) is 43.4. The number of rotatable bonds is 13. The van der Waals surface area contributed by atoms with E-state index < -0.39 is 41.3 Å². The summed E-state index contributed by atoms with van der Waals surface area (Å²) in [5.41, 5.74) is 4.66. The number of aromatic amines is 1. The summed E-state index contributed by atoms with van der Waals surface area (Å²) in [4.78, 5) is 75.7. The molecule has 7 rings (SSSR count). The highest BCUT2D eigenvalue weighted by atomic mass is 16.5. The minimum Gasteiger partial charge on any atom is -0.494 e. The molecule has 17 heteroatoms. The molecule has 2 aromatic carbocycles. The molecule has 3 aliphatic rings. The van der Waals surface area contributed by atoms with Gasteiger partial charge in [0.15, 0.2) is 0 Å². The van der Waals surface area contributed by atoms with Crippen LogP contribution in [-0.2, 0) is 36.9 Å². The monoisotopic (exact) mass is 835 g/mol. The maximum Gasteiger partial charge on any atom is 0.274 e. The molecule has 3 aliphatic heterocycles. The number of nitrogens with zero attached hydrogens (tertiary/aromatic N) is 5. The molecule has 61 heavy (non-hydrogen) atoms. The van der Waals surface area contributed by atoms with Gasteiger partial charge in [-0.2, -0.15) is 5.10 Å².